The van der Waals surface area contributed by atoms with Crippen molar-refractivity contribution in [3.05, 3.63) is 100 Å². The average molecular weight is 617 g/mol. The van der Waals surface area contributed by atoms with Gasteiger partial charge in [0.05, 0.1) is 11.9 Å². The molecule has 12 nitrogen and oxygen atoms in total. The van der Waals surface area contributed by atoms with Gasteiger partial charge in [-0.2, -0.15) is 4.99 Å². The molecule has 228 valence electrons. The van der Waals surface area contributed by atoms with E-state index < -0.39 is 34.6 Å². The van der Waals surface area contributed by atoms with Gasteiger partial charge in [0.2, 0.25) is 5.91 Å². The molecule has 0 spiro atoms. The van der Waals surface area contributed by atoms with Gasteiger partial charge >= 0.3 is 6.09 Å². The molecule has 0 radical (unpaired) electrons. The van der Waals surface area contributed by atoms with E-state index in [2.05, 4.69) is 15.3 Å². The SMILES string of the molecule is CC(C)(C)OC(=O)N=C(N)c1ccc(CNC(=O)C2CCc3ncc(N(c4cccc5ccccc45)S(=O)O)c(=O)n32)cc1. The third-order valence-corrected chi connectivity index (χ3v) is 7.70. The summed E-state index contributed by atoms with van der Waals surface area (Å²) in [5.41, 5.74) is 6.17. The summed E-state index contributed by atoms with van der Waals surface area (Å²) in [5.74, 6) is 0.0349. The highest BCUT2D eigenvalue weighted by Gasteiger charge is 2.33. The molecule has 3 aromatic carbocycles. The number of benzene rings is 3. The summed E-state index contributed by atoms with van der Waals surface area (Å²) in [5, 5.41) is 4.37. The summed E-state index contributed by atoms with van der Waals surface area (Å²) in [4.78, 5) is 47.2. The number of nitrogens with one attached hydrogen (secondary N) is 1. The number of aliphatic imine (C=N–C) groups is 1. The fourth-order valence-electron chi connectivity index (χ4n) is 5.01. The lowest BCUT2D eigenvalue weighted by atomic mass is 10.1. The summed E-state index contributed by atoms with van der Waals surface area (Å²) in [6, 6.07) is 18.6. The maximum atomic E-state index is 13.8. The maximum Gasteiger partial charge on any atom is 0.436 e. The summed E-state index contributed by atoms with van der Waals surface area (Å²) >= 11 is -2.60. The second-order valence-corrected chi connectivity index (χ2v) is 12.0. The highest BCUT2D eigenvalue weighted by atomic mass is 32.2. The highest BCUT2D eigenvalue weighted by Crippen LogP contribution is 2.33. The molecule has 0 aliphatic carbocycles. The van der Waals surface area contributed by atoms with Crippen molar-refractivity contribution in [3.63, 3.8) is 0 Å². The lowest BCUT2D eigenvalue weighted by Gasteiger charge is -2.22. The Kier molecular flexibility index (Phi) is 8.61. The van der Waals surface area contributed by atoms with Gasteiger partial charge in [-0.25, -0.2) is 18.3 Å². The number of ether oxygens (including phenoxy) is 1. The molecule has 2 amide bonds. The van der Waals surface area contributed by atoms with E-state index in [1.165, 1.54) is 10.8 Å². The number of carbonyl (C=O) groups excluding carboxylic acids is 2. The van der Waals surface area contributed by atoms with Crippen LogP contribution in [0.2, 0.25) is 0 Å². The first kappa shape index (κ1) is 30.6. The highest BCUT2D eigenvalue weighted by molar-refractivity contribution is 7.81. The van der Waals surface area contributed by atoms with Crippen molar-refractivity contribution >= 4 is 51.2 Å². The predicted octanol–water partition coefficient (Wildman–Crippen LogP) is 4.12. The van der Waals surface area contributed by atoms with E-state index in [9.17, 15) is 23.1 Å². The van der Waals surface area contributed by atoms with E-state index in [1.54, 1.807) is 69.3 Å². The normalized spacial score (nSPS) is 15.5. The van der Waals surface area contributed by atoms with E-state index in [0.717, 1.165) is 15.3 Å². The largest absolute Gasteiger partial charge is 0.442 e. The third kappa shape index (κ3) is 6.53. The van der Waals surface area contributed by atoms with Crippen LogP contribution in [-0.2, 0) is 33.8 Å². The molecular weight excluding hydrogens is 584 g/mol. The van der Waals surface area contributed by atoms with Crippen LogP contribution in [0.4, 0.5) is 16.2 Å². The van der Waals surface area contributed by atoms with Crippen LogP contribution in [0.5, 0.6) is 0 Å². The molecular formula is C31H32N6O6S. The zero-order valence-electron chi connectivity index (χ0n) is 24.4. The van der Waals surface area contributed by atoms with Crippen molar-refractivity contribution in [2.45, 2.75) is 51.8 Å². The molecule has 2 atom stereocenters. The summed E-state index contributed by atoms with van der Waals surface area (Å²) in [6.07, 6.45) is 1.24. The van der Waals surface area contributed by atoms with Gasteiger partial charge in [0, 0.05) is 23.9 Å². The Hall–Kier alpha value is -4.88. The molecule has 1 aliphatic heterocycles. The number of fused-ring (bicyclic) bond motifs is 2. The van der Waals surface area contributed by atoms with E-state index in [0.29, 0.717) is 35.3 Å². The molecule has 0 saturated carbocycles. The zero-order valence-corrected chi connectivity index (χ0v) is 25.2. The molecule has 0 saturated heterocycles. The molecule has 0 fully saturated rings. The fraction of sp³-hybridized carbons (Fsp3) is 0.258. The number of aromatic nitrogens is 2. The van der Waals surface area contributed by atoms with E-state index >= 15 is 0 Å². The number of anilines is 2. The second-order valence-electron chi connectivity index (χ2n) is 11.2. The first-order valence-electron chi connectivity index (χ1n) is 13.9. The van der Waals surface area contributed by atoms with Crippen LogP contribution in [0.15, 0.2) is 82.7 Å². The molecule has 1 aliphatic rings. The van der Waals surface area contributed by atoms with Crippen molar-refractivity contribution in [1.29, 1.82) is 0 Å². The molecule has 2 unspecified atom stereocenters. The first-order chi connectivity index (χ1) is 20.9. The van der Waals surface area contributed by atoms with Crippen LogP contribution in [-0.4, -0.2) is 41.7 Å². The van der Waals surface area contributed by atoms with E-state index in [-0.39, 0.29) is 24.0 Å². The Balaban J connectivity index is 1.33. The molecule has 1 aromatic heterocycles. The third-order valence-electron chi connectivity index (χ3n) is 6.99. The van der Waals surface area contributed by atoms with Crippen LogP contribution < -0.4 is 20.9 Å². The Morgan fingerprint density at radius 2 is 1.82 bits per heavy atom. The Morgan fingerprint density at radius 1 is 1.11 bits per heavy atom. The molecule has 2 heterocycles. The minimum absolute atomic E-state index is 0.00133. The van der Waals surface area contributed by atoms with Gasteiger partial charge < -0.3 is 15.8 Å². The number of aryl methyl sites for hydroxylation is 1. The Labute approximate surface area is 256 Å². The summed E-state index contributed by atoms with van der Waals surface area (Å²) in [7, 11) is 0. The number of carbonyl (C=O) groups is 2. The number of amides is 2. The molecule has 13 heteroatoms. The van der Waals surface area contributed by atoms with Crippen LogP contribution >= 0.6 is 0 Å². The summed E-state index contributed by atoms with van der Waals surface area (Å²) in [6.45, 7) is 5.36. The van der Waals surface area contributed by atoms with Gasteiger partial charge in [-0.05, 0) is 44.2 Å². The van der Waals surface area contributed by atoms with E-state index in [1.807, 2.05) is 18.2 Å². The smallest absolute Gasteiger partial charge is 0.436 e. The van der Waals surface area contributed by atoms with Crippen LogP contribution in [0.25, 0.3) is 10.8 Å². The standard InChI is InChI=1S/C31H32N6O6S/c1-31(2,3)43-30(40)35-27(32)21-13-11-19(12-14-21)17-34-28(38)24-15-16-26-33-18-25(29(39)36(24)26)37(44(41)42)23-10-6-8-20-7-4-5-9-22(20)23/h4-14,18,24H,15-17H2,1-3H3,(H,34,38)(H,41,42)(H2,32,35,40). The van der Waals surface area contributed by atoms with Gasteiger partial charge in [-0.3, -0.25) is 18.7 Å². The van der Waals surface area contributed by atoms with Gasteiger partial charge in [0.1, 0.15) is 29.0 Å². The van der Waals surface area contributed by atoms with Gasteiger partial charge in [-0.15, -0.1) is 0 Å². The van der Waals surface area contributed by atoms with Crippen LogP contribution in [0.3, 0.4) is 0 Å². The van der Waals surface area contributed by atoms with E-state index in [4.69, 9.17) is 10.5 Å². The molecule has 4 aromatic rings. The predicted molar refractivity (Wildman–Crippen MR) is 168 cm³/mol. The van der Waals surface area contributed by atoms with Crippen LogP contribution in [0.1, 0.15) is 50.2 Å². The monoisotopic (exact) mass is 616 g/mol. The fourth-order valence-corrected chi connectivity index (χ4v) is 5.64. The number of hydrogen-bond acceptors (Lipinski definition) is 6. The van der Waals surface area contributed by atoms with Crippen molar-refractivity contribution in [1.82, 2.24) is 14.9 Å². The molecule has 4 N–H and O–H groups in total. The average Bonchev–Trinajstić information content (AvgIpc) is 3.41. The number of nitrogens with two attached hydrogens (primary N) is 1. The minimum atomic E-state index is -2.60. The van der Waals surface area contributed by atoms with Crippen molar-refractivity contribution < 1.29 is 23.1 Å². The molecule has 44 heavy (non-hydrogen) atoms. The minimum Gasteiger partial charge on any atom is -0.442 e. The van der Waals surface area contributed by atoms with Gasteiger partial charge in [-0.1, -0.05) is 60.7 Å². The molecule has 5 rings (SSSR count). The topological polar surface area (TPSA) is 169 Å². The first-order valence-corrected chi connectivity index (χ1v) is 14.9. The number of rotatable bonds is 7. The molecule has 0 bridgehead atoms. The van der Waals surface area contributed by atoms with Crippen LogP contribution in [0, 0.1) is 0 Å². The maximum absolute atomic E-state index is 13.8. The lowest BCUT2D eigenvalue weighted by Crippen LogP contribution is -2.38. The lowest BCUT2D eigenvalue weighted by molar-refractivity contribution is -0.124. The Morgan fingerprint density at radius 3 is 2.52 bits per heavy atom. The Bertz CT molecular complexity index is 1840. The van der Waals surface area contributed by atoms with Gasteiger partial charge in [0.15, 0.2) is 0 Å². The van der Waals surface area contributed by atoms with Crippen molar-refractivity contribution in [3.8, 4) is 0 Å². The van der Waals surface area contributed by atoms with Crippen molar-refractivity contribution in [2.24, 2.45) is 10.7 Å². The summed E-state index contributed by atoms with van der Waals surface area (Å²) < 4.78 is 30.4. The number of nitrogens with zero attached hydrogens (tertiary/aromatic N) is 4. The number of amidine groups is 1. The van der Waals surface area contributed by atoms with Crippen molar-refractivity contribution in [2.75, 3.05) is 4.31 Å². The number of hydrogen-bond donors (Lipinski definition) is 3. The second kappa shape index (κ2) is 12.4. The van der Waals surface area contributed by atoms with Gasteiger partial charge in [0.25, 0.3) is 16.8 Å². The quantitative estimate of drug-likeness (QED) is 0.158. The zero-order chi connectivity index (χ0) is 31.6.